The Morgan fingerprint density at radius 1 is 1.47 bits per heavy atom. The number of nitrogens with one attached hydrogen (secondary N) is 2. The maximum atomic E-state index is 11.1. The minimum absolute atomic E-state index is 0.127. The Balaban J connectivity index is 1.95. The van der Waals surface area contributed by atoms with Crippen LogP contribution in [0.25, 0.3) is 0 Å². The molecular formula is C8H7N4O5-. The molecule has 0 aromatic heterocycles. The zero-order valence-electron chi connectivity index (χ0n) is 8.37. The standard InChI is InChI=1S/C8H7N4O5/c13-6-4-11(8(14)10-6)9-3-5-1-2-7(17-5)12(15)16/h1-3,9H,4H2,(H-,10,13,14,15,16)/q-1. The molecule has 1 saturated heterocycles. The summed E-state index contributed by atoms with van der Waals surface area (Å²) in [6, 6.07) is -0.590. The summed E-state index contributed by atoms with van der Waals surface area (Å²) in [6.07, 6.45) is 3.79. The van der Waals surface area contributed by atoms with E-state index in [0.717, 1.165) is 5.01 Å². The lowest BCUT2D eigenvalue weighted by Crippen LogP contribution is -2.37. The normalized spacial score (nSPS) is 20.8. The largest absolute Gasteiger partial charge is 0.610 e. The number of allylic oxidation sites excluding steroid dienone is 1. The lowest BCUT2D eigenvalue weighted by Gasteiger charge is -2.12. The Hall–Kier alpha value is -2.71. The molecule has 2 rings (SSSR count). The van der Waals surface area contributed by atoms with E-state index in [9.17, 15) is 20.0 Å². The third-order valence-electron chi connectivity index (χ3n) is 1.95. The van der Waals surface area contributed by atoms with E-state index in [-0.39, 0.29) is 12.3 Å². The fourth-order valence-electron chi connectivity index (χ4n) is 1.21. The van der Waals surface area contributed by atoms with Gasteiger partial charge >= 0.3 is 11.9 Å². The van der Waals surface area contributed by atoms with Gasteiger partial charge in [0.1, 0.15) is 6.54 Å². The van der Waals surface area contributed by atoms with Crippen molar-refractivity contribution in [2.45, 2.75) is 0 Å². The third kappa shape index (κ3) is 2.27. The molecule has 17 heavy (non-hydrogen) atoms. The van der Waals surface area contributed by atoms with Gasteiger partial charge in [-0.15, -0.1) is 4.90 Å². The molecule has 2 aliphatic heterocycles. The van der Waals surface area contributed by atoms with Crippen LogP contribution in [-0.2, 0) is 9.53 Å². The molecular weight excluding hydrogens is 232 g/mol. The summed E-state index contributed by atoms with van der Waals surface area (Å²) in [5.41, 5.74) is 2.49. The van der Waals surface area contributed by atoms with E-state index in [2.05, 4.69) is 10.7 Å². The van der Waals surface area contributed by atoms with Gasteiger partial charge in [-0.3, -0.25) is 15.5 Å². The fraction of sp³-hybridized carbons (Fsp3) is 0.125. The third-order valence-corrected chi connectivity index (χ3v) is 1.95. The van der Waals surface area contributed by atoms with E-state index >= 15 is 0 Å². The second-order valence-electron chi connectivity index (χ2n) is 3.15. The highest BCUT2D eigenvalue weighted by molar-refractivity contribution is 6.01. The summed E-state index contributed by atoms with van der Waals surface area (Å²) in [6.45, 7) is -0.127. The monoisotopic (exact) mass is 239 g/mol. The van der Waals surface area contributed by atoms with Gasteiger partial charge < -0.3 is 15.2 Å². The van der Waals surface area contributed by atoms with Gasteiger partial charge in [0.25, 0.3) is 0 Å². The summed E-state index contributed by atoms with van der Waals surface area (Å²) < 4.78 is 4.81. The van der Waals surface area contributed by atoms with Crippen molar-refractivity contribution < 1.29 is 19.2 Å². The van der Waals surface area contributed by atoms with Crippen molar-refractivity contribution in [3.63, 3.8) is 0 Å². The Morgan fingerprint density at radius 3 is 2.76 bits per heavy atom. The first-order chi connectivity index (χ1) is 8.06. The molecule has 0 radical (unpaired) electrons. The van der Waals surface area contributed by atoms with Crippen molar-refractivity contribution in [2.24, 2.45) is 0 Å². The van der Waals surface area contributed by atoms with Crippen molar-refractivity contribution in [3.8, 4) is 0 Å². The van der Waals surface area contributed by atoms with Crippen LogP contribution in [0.5, 0.6) is 0 Å². The van der Waals surface area contributed by atoms with E-state index < -0.39 is 22.7 Å². The van der Waals surface area contributed by atoms with Crippen LogP contribution < -0.4 is 10.7 Å². The van der Waals surface area contributed by atoms with Crippen LogP contribution in [0.3, 0.4) is 0 Å². The summed E-state index contributed by atoms with van der Waals surface area (Å²) in [4.78, 5) is 21.2. The SMILES string of the molecule is O=C1CN(NC=C2C=CC(=[N+]([O-])[O-])O2)C(=O)N1. The van der Waals surface area contributed by atoms with E-state index in [1.165, 1.54) is 18.4 Å². The predicted octanol–water partition coefficient (Wildman–Crippen LogP) is -1.12. The second kappa shape index (κ2) is 4.04. The highest BCUT2D eigenvalue weighted by Gasteiger charge is 2.26. The first-order valence-corrected chi connectivity index (χ1v) is 4.51. The maximum Gasteiger partial charge on any atom is 0.391 e. The van der Waals surface area contributed by atoms with Crippen LogP contribution in [0.4, 0.5) is 4.79 Å². The van der Waals surface area contributed by atoms with E-state index in [1.54, 1.807) is 0 Å². The molecule has 0 atom stereocenters. The van der Waals surface area contributed by atoms with E-state index in [1.807, 2.05) is 0 Å². The Bertz CT molecular complexity index is 463. The first-order valence-electron chi connectivity index (χ1n) is 4.51. The summed E-state index contributed by atoms with van der Waals surface area (Å²) >= 11 is 0. The topological polar surface area (TPSA) is 120 Å². The first kappa shape index (κ1) is 10.8. The molecule has 3 amide bonds. The van der Waals surface area contributed by atoms with E-state index in [4.69, 9.17) is 4.74 Å². The molecule has 2 heterocycles. The molecule has 0 aromatic carbocycles. The Morgan fingerprint density at radius 2 is 2.24 bits per heavy atom. The Labute approximate surface area is 94.8 Å². The molecule has 0 spiro atoms. The fourth-order valence-corrected chi connectivity index (χ4v) is 1.21. The number of hydrogen-bond acceptors (Lipinski definition) is 6. The van der Waals surface area contributed by atoms with Crippen LogP contribution in [0, 0.1) is 10.4 Å². The molecule has 0 unspecified atom stereocenters. The van der Waals surface area contributed by atoms with Crippen molar-refractivity contribution >= 4 is 17.8 Å². The molecule has 0 aromatic rings. The molecule has 0 aliphatic carbocycles. The van der Waals surface area contributed by atoms with Crippen molar-refractivity contribution in [2.75, 3.05) is 6.54 Å². The zero-order chi connectivity index (χ0) is 12.4. The van der Waals surface area contributed by atoms with Gasteiger partial charge in [-0.25, -0.2) is 9.80 Å². The maximum absolute atomic E-state index is 11.1. The van der Waals surface area contributed by atoms with Gasteiger partial charge in [0, 0.05) is 0 Å². The zero-order valence-corrected chi connectivity index (χ0v) is 8.37. The van der Waals surface area contributed by atoms with Crippen molar-refractivity contribution in [1.29, 1.82) is 0 Å². The second-order valence-corrected chi connectivity index (χ2v) is 3.15. The molecule has 2 N–H and O–H groups in total. The molecule has 90 valence electrons. The van der Waals surface area contributed by atoms with Crippen molar-refractivity contribution in [3.05, 3.63) is 34.5 Å². The number of ether oxygens (including phenoxy) is 1. The highest BCUT2D eigenvalue weighted by Crippen LogP contribution is 2.09. The molecule has 1 fully saturated rings. The molecule has 0 saturated carbocycles. The van der Waals surface area contributed by atoms with Gasteiger partial charge in [-0.1, -0.05) is 0 Å². The van der Waals surface area contributed by atoms with Crippen LogP contribution in [-0.4, -0.2) is 34.3 Å². The molecule has 9 nitrogen and oxygen atoms in total. The molecule has 0 bridgehead atoms. The smallest absolute Gasteiger partial charge is 0.391 e. The number of amides is 3. The predicted molar refractivity (Wildman–Crippen MR) is 53.7 cm³/mol. The number of imide groups is 1. The van der Waals surface area contributed by atoms with Crippen LogP contribution in [0.15, 0.2) is 24.1 Å². The molecule has 9 heteroatoms. The Kier molecular flexibility index (Phi) is 2.57. The van der Waals surface area contributed by atoms with Gasteiger partial charge in [-0.2, -0.15) is 0 Å². The number of carbonyl (C=O) groups excluding carboxylic acids is 2. The number of nitrogens with zero attached hydrogens (tertiary/aromatic N) is 2. The van der Waals surface area contributed by atoms with Crippen LogP contribution in [0.1, 0.15) is 0 Å². The minimum atomic E-state index is -0.677. The highest BCUT2D eigenvalue weighted by atomic mass is 16.8. The van der Waals surface area contributed by atoms with Gasteiger partial charge in [-0.05, 0) is 6.08 Å². The average Bonchev–Trinajstić information content (AvgIpc) is 2.82. The quantitative estimate of drug-likeness (QED) is 0.357. The van der Waals surface area contributed by atoms with Crippen LogP contribution >= 0.6 is 0 Å². The summed E-state index contributed by atoms with van der Waals surface area (Å²) in [5, 5.41) is 23.7. The summed E-state index contributed by atoms with van der Waals surface area (Å²) in [5.74, 6) is -0.662. The number of hydrogen-bond donors (Lipinski definition) is 2. The number of carbonyl (C=O) groups is 2. The lowest BCUT2D eigenvalue weighted by molar-refractivity contribution is -0.388. The minimum Gasteiger partial charge on any atom is -0.610 e. The van der Waals surface area contributed by atoms with Crippen LogP contribution in [0.2, 0.25) is 0 Å². The number of hydrazine groups is 1. The molecule has 2 aliphatic rings. The van der Waals surface area contributed by atoms with Gasteiger partial charge in [0.15, 0.2) is 5.76 Å². The average molecular weight is 239 g/mol. The van der Waals surface area contributed by atoms with Crippen molar-refractivity contribution in [1.82, 2.24) is 15.8 Å². The number of rotatable bonds is 2. The number of urea groups is 1. The lowest BCUT2D eigenvalue weighted by atomic mass is 10.5. The van der Waals surface area contributed by atoms with Gasteiger partial charge in [0.05, 0.1) is 12.3 Å². The summed E-state index contributed by atoms with van der Waals surface area (Å²) in [7, 11) is 0. The van der Waals surface area contributed by atoms with Gasteiger partial charge in [0.2, 0.25) is 5.91 Å². The van der Waals surface area contributed by atoms with E-state index in [0.29, 0.717) is 0 Å².